The van der Waals surface area contributed by atoms with Gasteiger partial charge in [-0.1, -0.05) is 0 Å². The smallest absolute Gasteiger partial charge is 0.242 e. The summed E-state index contributed by atoms with van der Waals surface area (Å²) in [5, 5.41) is 9.02. The third-order valence-corrected chi connectivity index (χ3v) is 6.90. The van der Waals surface area contributed by atoms with E-state index in [1.165, 1.54) is 18.2 Å². The lowest BCUT2D eigenvalue weighted by atomic mass is 10.0. The third kappa shape index (κ3) is 3.34. The van der Waals surface area contributed by atoms with Crippen LogP contribution < -0.4 is 10.5 Å². The third-order valence-electron chi connectivity index (χ3n) is 3.30. The fraction of sp³-hybridized carbons (Fsp3) is 0.417. The minimum absolute atomic E-state index is 0.0567. The standard InChI is InChI=1S/C12H15N3O4S2/c1-12(4-5-20(16,17)8-12)15-21(18,19)11-3-2-10(14)6-9(11)7-13/h2-3,6,15H,4-5,8,14H2,1H3. The quantitative estimate of drug-likeness (QED) is 0.750. The van der Waals surface area contributed by atoms with Crippen LogP contribution in [0.15, 0.2) is 23.1 Å². The van der Waals surface area contributed by atoms with Crippen molar-refractivity contribution in [3.63, 3.8) is 0 Å². The van der Waals surface area contributed by atoms with Crippen molar-refractivity contribution in [1.29, 1.82) is 5.26 Å². The van der Waals surface area contributed by atoms with Gasteiger partial charge in [0.05, 0.1) is 22.0 Å². The van der Waals surface area contributed by atoms with E-state index in [0.717, 1.165) is 0 Å². The van der Waals surface area contributed by atoms with Crippen LogP contribution in [0.4, 0.5) is 5.69 Å². The van der Waals surface area contributed by atoms with Crippen LogP contribution in [0.25, 0.3) is 0 Å². The summed E-state index contributed by atoms with van der Waals surface area (Å²) in [7, 11) is -7.25. The Morgan fingerprint density at radius 2 is 2.10 bits per heavy atom. The number of nitrogens with two attached hydrogens (primary N) is 1. The molecule has 0 amide bonds. The van der Waals surface area contributed by atoms with E-state index in [-0.39, 0.29) is 34.1 Å². The van der Waals surface area contributed by atoms with Crippen molar-refractivity contribution in [2.45, 2.75) is 23.8 Å². The predicted molar refractivity (Wildman–Crippen MR) is 77.6 cm³/mol. The lowest BCUT2D eigenvalue weighted by Gasteiger charge is -2.23. The summed E-state index contributed by atoms with van der Waals surface area (Å²) >= 11 is 0. The van der Waals surface area contributed by atoms with Crippen molar-refractivity contribution in [1.82, 2.24) is 4.72 Å². The molecule has 7 nitrogen and oxygen atoms in total. The second-order valence-electron chi connectivity index (χ2n) is 5.38. The summed E-state index contributed by atoms with van der Waals surface area (Å²) in [6.07, 6.45) is 0.200. The Bertz CT molecular complexity index is 825. The molecule has 1 aromatic carbocycles. The van der Waals surface area contributed by atoms with Crippen LogP contribution >= 0.6 is 0 Å². The Hall–Kier alpha value is -1.63. The molecule has 0 radical (unpaired) electrons. The van der Waals surface area contributed by atoms with E-state index in [2.05, 4.69) is 4.72 Å². The molecule has 1 aliphatic rings. The molecule has 1 saturated heterocycles. The molecular weight excluding hydrogens is 314 g/mol. The highest BCUT2D eigenvalue weighted by Crippen LogP contribution is 2.26. The van der Waals surface area contributed by atoms with E-state index in [4.69, 9.17) is 11.0 Å². The van der Waals surface area contributed by atoms with Gasteiger partial charge in [0.2, 0.25) is 10.0 Å². The largest absolute Gasteiger partial charge is 0.399 e. The molecule has 1 aromatic rings. The summed E-state index contributed by atoms with van der Waals surface area (Å²) in [4.78, 5) is -0.204. The maximum Gasteiger partial charge on any atom is 0.242 e. The van der Waals surface area contributed by atoms with Crippen molar-refractivity contribution >= 4 is 25.5 Å². The van der Waals surface area contributed by atoms with Crippen LogP contribution in [0.1, 0.15) is 18.9 Å². The first kappa shape index (κ1) is 15.8. The van der Waals surface area contributed by atoms with Crippen molar-refractivity contribution in [2.24, 2.45) is 0 Å². The molecule has 2 rings (SSSR count). The van der Waals surface area contributed by atoms with Crippen LogP contribution in [0.5, 0.6) is 0 Å². The van der Waals surface area contributed by atoms with Gasteiger partial charge in [0.15, 0.2) is 9.84 Å². The van der Waals surface area contributed by atoms with Gasteiger partial charge in [0.1, 0.15) is 6.07 Å². The predicted octanol–water partition coefficient (Wildman–Crippen LogP) is -0.00402. The van der Waals surface area contributed by atoms with Crippen molar-refractivity contribution < 1.29 is 16.8 Å². The fourth-order valence-electron chi connectivity index (χ4n) is 2.34. The maximum atomic E-state index is 12.4. The number of anilines is 1. The van der Waals surface area contributed by atoms with Crippen LogP contribution in [-0.4, -0.2) is 33.9 Å². The average molecular weight is 329 g/mol. The number of nitrogens with zero attached hydrogens (tertiary/aromatic N) is 1. The Morgan fingerprint density at radius 1 is 1.43 bits per heavy atom. The molecule has 0 spiro atoms. The first-order chi connectivity index (χ1) is 9.57. The molecule has 0 bridgehead atoms. The summed E-state index contributed by atoms with van der Waals surface area (Å²) < 4.78 is 50.3. The van der Waals surface area contributed by atoms with E-state index in [0.29, 0.717) is 0 Å². The number of rotatable bonds is 3. The number of benzene rings is 1. The van der Waals surface area contributed by atoms with E-state index in [1.54, 1.807) is 13.0 Å². The number of hydrogen-bond donors (Lipinski definition) is 2. The molecule has 1 unspecified atom stereocenters. The van der Waals surface area contributed by atoms with E-state index in [1.807, 2.05) is 0 Å². The highest BCUT2D eigenvalue weighted by atomic mass is 32.2. The summed E-state index contributed by atoms with van der Waals surface area (Å²) in [5.41, 5.74) is 4.66. The number of hydrogen-bond acceptors (Lipinski definition) is 6. The lowest BCUT2D eigenvalue weighted by Crippen LogP contribution is -2.46. The van der Waals surface area contributed by atoms with Gasteiger partial charge in [0.25, 0.3) is 0 Å². The SMILES string of the molecule is CC1(NS(=O)(=O)c2ccc(N)cc2C#N)CCS(=O)(=O)C1. The first-order valence-corrected chi connectivity index (χ1v) is 9.41. The second-order valence-corrected chi connectivity index (χ2v) is 9.21. The molecule has 1 aliphatic heterocycles. The van der Waals surface area contributed by atoms with Gasteiger partial charge >= 0.3 is 0 Å². The van der Waals surface area contributed by atoms with Gasteiger partial charge in [-0.25, -0.2) is 21.6 Å². The zero-order valence-electron chi connectivity index (χ0n) is 11.3. The molecule has 114 valence electrons. The molecule has 9 heteroatoms. The van der Waals surface area contributed by atoms with Gasteiger partial charge in [-0.15, -0.1) is 0 Å². The zero-order valence-corrected chi connectivity index (χ0v) is 13.0. The van der Waals surface area contributed by atoms with Gasteiger partial charge in [0, 0.05) is 11.2 Å². The minimum atomic E-state index is -4.00. The monoisotopic (exact) mass is 329 g/mol. The molecule has 0 aliphatic carbocycles. The minimum Gasteiger partial charge on any atom is -0.399 e. The van der Waals surface area contributed by atoms with Crippen molar-refractivity contribution in [3.8, 4) is 6.07 Å². The van der Waals surface area contributed by atoms with E-state index < -0.39 is 25.4 Å². The summed E-state index contributed by atoms with van der Waals surface area (Å²) in [6.45, 7) is 1.54. The highest BCUT2D eigenvalue weighted by molar-refractivity contribution is 7.92. The Balaban J connectivity index is 2.39. The number of nitrogens with one attached hydrogen (secondary N) is 1. The van der Waals surface area contributed by atoms with Crippen molar-refractivity contribution in [2.75, 3.05) is 17.2 Å². The molecule has 1 atom stereocenters. The zero-order chi connectivity index (χ0) is 15.9. The summed E-state index contributed by atoms with van der Waals surface area (Å²) in [6, 6.07) is 5.66. The molecule has 0 saturated carbocycles. The first-order valence-electron chi connectivity index (χ1n) is 6.11. The van der Waals surface area contributed by atoms with Crippen LogP contribution in [0.3, 0.4) is 0 Å². The number of sulfone groups is 1. The average Bonchev–Trinajstić information content (AvgIpc) is 2.61. The number of nitrogen functional groups attached to an aromatic ring is 1. The van der Waals surface area contributed by atoms with Crippen LogP contribution in [0.2, 0.25) is 0 Å². The van der Waals surface area contributed by atoms with Gasteiger partial charge in [-0.2, -0.15) is 5.26 Å². The number of nitriles is 1. The Morgan fingerprint density at radius 3 is 2.62 bits per heavy atom. The van der Waals surface area contributed by atoms with Crippen molar-refractivity contribution in [3.05, 3.63) is 23.8 Å². The second kappa shape index (κ2) is 4.98. The normalized spacial score (nSPS) is 24.6. The number of sulfonamides is 1. The Kier molecular flexibility index (Phi) is 3.73. The maximum absolute atomic E-state index is 12.4. The summed E-state index contributed by atoms with van der Waals surface area (Å²) in [5.74, 6) is -0.311. The van der Waals surface area contributed by atoms with Gasteiger partial charge < -0.3 is 5.73 Å². The highest BCUT2D eigenvalue weighted by Gasteiger charge is 2.41. The Labute approximate surface area is 123 Å². The topological polar surface area (TPSA) is 130 Å². The molecule has 1 heterocycles. The lowest BCUT2D eigenvalue weighted by molar-refractivity contribution is 0.461. The van der Waals surface area contributed by atoms with Crippen LogP contribution in [-0.2, 0) is 19.9 Å². The molecule has 21 heavy (non-hydrogen) atoms. The van der Waals surface area contributed by atoms with E-state index in [9.17, 15) is 16.8 Å². The fourth-order valence-corrected chi connectivity index (χ4v) is 6.10. The van der Waals surface area contributed by atoms with Crippen LogP contribution in [0, 0.1) is 11.3 Å². The molecule has 1 fully saturated rings. The molecule has 3 N–H and O–H groups in total. The molecular formula is C12H15N3O4S2. The van der Waals surface area contributed by atoms with Gasteiger partial charge in [-0.3, -0.25) is 0 Å². The van der Waals surface area contributed by atoms with Gasteiger partial charge in [-0.05, 0) is 31.5 Å². The van der Waals surface area contributed by atoms with E-state index >= 15 is 0 Å². The molecule has 0 aromatic heterocycles.